The number of aryl methyl sites for hydroxylation is 2. The number of fused-ring (bicyclic) bond motifs is 6. The van der Waals surface area contributed by atoms with Crippen molar-refractivity contribution in [3.63, 3.8) is 0 Å². The smallest absolute Gasteiger partial charge is 0.318 e. The molecule has 10 aliphatic rings. The van der Waals surface area contributed by atoms with Crippen LogP contribution in [0.25, 0.3) is 9.69 Å². The number of hydrogen-bond acceptors (Lipinski definition) is 14. The zero-order valence-corrected chi connectivity index (χ0v) is 50.8. The van der Waals surface area contributed by atoms with Crippen molar-refractivity contribution in [3.8, 4) is 12.0 Å². The Kier molecular flexibility index (Phi) is 18.7. The standard InChI is InChI=1S/2C34H41FN6O3.CH4/c2*1-23(35)32(42)41-17-16-39(20-25(41)19-36-2)31-28-21-43-30(27-11-5-9-24-8-3-4-10-26(24)27)18-29(28)37-33(38-31)44-22-34-12-6-14-40(34)15-7-13-34;/h2*5,9,11,25,30H,1,3-4,6-8,10,12-22H2;1H4/t25-,30+;25-,30-;/m00./s1. The van der Waals surface area contributed by atoms with Crippen molar-refractivity contribution in [1.82, 2.24) is 39.5 Å². The Hall–Kier alpha value is -7.10. The second-order valence-corrected chi connectivity index (χ2v) is 26.0. The number of nitrogens with zero attached hydrogens (tertiary/aromatic N) is 12. The largest absolute Gasteiger partial charge is 0.461 e. The molecule has 0 spiro atoms. The van der Waals surface area contributed by atoms with Crippen molar-refractivity contribution < 1.29 is 37.3 Å². The predicted octanol–water partition coefficient (Wildman–Crippen LogP) is 9.83. The van der Waals surface area contributed by atoms with E-state index in [9.17, 15) is 18.4 Å². The fourth-order valence-electron chi connectivity index (χ4n) is 16.5. The van der Waals surface area contributed by atoms with Gasteiger partial charge >= 0.3 is 12.0 Å². The van der Waals surface area contributed by atoms with Gasteiger partial charge in [0.25, 0.3) is 11.8 Å². The van der Waals surface area contributed by atoms with E-state index in [1.807, 2.05) is 0 Å². The number of amides is 2. The molecule has 8 aliphatic heterocycles. The molecule has 89 heavy (non-hydrogen) atoms. The molecule has 2 aromatic carbocycles. The van der Waals surface area contributed by atoms with E-state index in [1.165, 1.54) is 94.5 Å². The van der Waals surface area contributed by atoms with Crippen molar-refractivity contribution in [2.24, 2.45) is 0 Å². The van der Waals surface area contributed by atoms with E-state index in [4.69, 9.17) is 52.0 Å². The number of benzene rings is 2. The minimum atomic E-state index is -1.00. The number of rotatable bonds is 14. The van der Waals surface area contributed by atoms with Gasteiger partial charge in [0, 0.05) is 63.2 Å². The van der Waals surface area contributed by atoms with Gasteiger partial charge in [0.2, 0.25) is 13.1 Å². The minimum absolute atomic E-state index is 0. The lowest BCUT2D eigenvalue weighted by molar-refractivity contribution is -0.131. The first-order valence-corrected chi connectivity index (χ1v) is 32.4. The van der Waals surface area contributed by atoms with Crippen LogP contribution in [0.2, 0.25) is 0 Å². The molecule has 0 saturated carbocycles. The lowest BCUT2D eigenvalue weighted by atomic mass is 9.85. The molecule has 14 rings (SSSR count). The first kappa shape index (κ1) is 62.1. The number of aromatic nitrogens is 4. The molecule has 0 unspecified atom stereocenters. The zero-order valence-electron chi connectivity index (χ0n) is 50.8. The van der Waals surface area contributed by atoms with E-state index in [0.717, 1.165) is 112 Å². The monoisotopic (exact) mass is 1220 g/mol. The van der Waals surface area contributed by atoms with Gasteiger partial charge in [-0.2, -0.15) is 19.9 Å². The summed E-state index contributed by atoms with van der Waals surface area (Å²) < 4.78 is 53.8. The predicted molar refractivity (Wildman–Crippen MR) is 335 cm³/mol. The van der Waals surface area contributed by atoms with Crippen LogP contribution in [0.4, 0.5) is 20.4 Å². The minimum Gasteiger partial charge on any atom is -0.461 e. The summed E-state index contributed by atoms with van der Waals surface area (Å²) in [6.45, 7) is 30.0. The molecule has 0 radical (unpaired) electrons. The highest BCUT2D eigenvalue weighted by atomic mass is 19.1. The molecule has 20 heteroatoms. The van der Waals surface area contributed by atoms with Crippen LogP contribution in [0.1, 0.15) is 153 Å². The summed E-state index contributed by atoms with van der Waals surface area (Å²) in [5.41, 5.74) is 12.1. The van der Waals surface area contributed by atoms with E-state index in [2.05, 4.69) is 78.8 Å². The summed E-state index contributed by atoms with van der Waals surface area (Å²) in [6, 6.07) is 13.0. The average Bonchev–Trinajstić information content (AvgIpc) is 3.29. The second-order valence-electron chi connectivity index (χ2n) is 26.0. The number of piperazine rings is 2. The number of carbonyl (C=O) groups is 2. The summed E-state index contributed by atoms with van der Waals surface area (Å²) in [6.07, 6.45) is 19.6. The molecule has 0 bridgehead atoms. The Morgan fingerprint density at radius 2 is 0.966 bits per heavy atom. The number of hydrogen-bond donors (Lipinski definition) is 0. The van der Waals surface area contributed by atoms with Crippen LogP contribution >= 0.6 is 0 Å². The van der Waals surface area contributed by atoms with Gasteiger partial charge in [-0.1, -0.05) is 57.0 Å². The van der Waals surface area contributed by atoms with Gasteiger partial charge in [-0.05, 0) is 162 Å². The first-order valence-electron chi connectivity index (χ1n) is 32.4. The summed E-state index contributed by atoms with van der Waals surface area (Å²) in [7, 11) is 0. The van der Waals surface area contributed by atoms with E-state index in [-0.39, 0.29) is 56.9 Å². The van der Waals surface area contributed by atoms with Crippen molar-refractivity contribution in [2.75, 3.05) is 102 Å². The summed E-state index contributed by atoms with van der Waals surface area (Å²) in [5.74, 6) is -2.04. The highest BCUT2D eigenvalue weighted by Gasteiger charge is 2.47. The molecule has 2 aliphatic carbocycles. The molecular formula is C69H86F2N12O6. The van der Waals surface area contributed by atoms with E-state index in [0.29, 0.717) is 77.5 Å². The summed E-state index contributed by atoms with van der Waals surface area (Å²) >= 11 is 0. The topological polar surface area (TPSA) is 151 Å². The van der Waals surface area contributed by atoms with Crippen LogP contribution in [0.5, 0.6) is 12.0 Å². The molecule has 18 nitrogen and oxygen atoms in total. The maximum Gasteiger partial charge on any atom is 0.318 e. The molecule has 10 heterocycles. The third-order valence-corrected chi connectivity index (χ3v) is 21.0. The Labute approximate surface area is 523 Å². The highest BCUT2D eigenvalue weighted by Crippen LogP contribution is 2.44. The third kappa shape index (κ3) is 12.5. The molecule has 0 N–H and O–H groups in total. The van der Waals surface area contributed by atoms with E-state index < -0.39 is 35.6 Å². The highest BCUT2D eigenvalue weighted by molar-refractivity contribution is 5.91. The fourth-order valence-corrected chi connectivity index (χ4v) is 16.5. The molecular weight excluding hydrogens is 1130 g/mol. The Balaban J connectivity index is 0.000000171. The van der Waals surface area contributed by atoms with Crippen molar-refractivity contribution in [1.29, 1.82) is 0 Å². The van der Waals surface area contributed by atoms with Crippen LogP contribution < -0.4 is 19.3 Å². The number of anilines is 2. The van der Waals surface area contributed by atoms with E-state index in [1.54, 1.807) is 0 Å². The van der Waals surface area contributed by atoms with Gasteiger partial charge in [0.15, 0.2) is 11.7 Å². The van der Waals surface area contributed by atoms with Gasteiger partial charge in [0.05, 0.1) is 47.9 Å². The number of halogens is 2. The van der Waals surface area contributed by atoms with Gasteiger partial charge in [-0.3, -0.25) is 19.4 Å². The van der Waals surface area contributed by atoms with Gasteiger partial charge < -0.3 is 48.2 Å². The molecule has 2 aromatic heterocycles. The van der Waals surface area contributed by atoms with Gasteiger partial charge in [-0.25, -0.2) is 21.9 Å². The Morgan fingerprint density at radius 1 is 0.562 bits per heavy atom. The molecule has 4 aromatic rings. The van der Waals surface area contributed by atoms with Crippen LogP contribution in [-0.4, -0.2) is 166 Å². The van der Waals surface area contributed by atoms with Gasteiger partial charge in [0.1, 0.15) is 36.9 Å². The van der Waals surface area contributed by atoms with Crippen molar-refractivity contribution in [2.45, 2.75) is 172 Å². The quantitative estimate of drug-likeness (QED) is 0.0870. The number of carbonyl (C=O) groups excluding carboxylic acids is 2. The van der Waals surface area contributed by atoms with Crippen LogP contribution in [-0.2, 0) is 70.8 Å². The van der Waals surface area contributed by atoms with Crippen molar-refractivity contribution in [3.05, 3.63) is 140 Å². The van der Waals surface area contributed by atoms with E-state index >= 15 is 0 Å². The van der Waals surface area contributed by atoms with Gasteiger partial charge in [-0.15, -0.1) is 0 Å². The molecule has 6 saturated heterocycles. The molecule has 6 fully saturated rings. The summed E-state index contributed by atoms with van der Waals surface area (Å²) in [4.78, 5) is 64.4. The summed E-state index contributed by atoms with van der Waals surface area (Å²) in [5, 5.41) is 0. The maximum atomic E-state index is 13.8. The molecule has 472 valence electrons. The Morgan fingerprint density at radius 3 is 1.36 bits per heavy atom. The first-order chi connectivity index (χ1) is 42.9. The number of ether oxygens (including phenoxy) is 4. The molecule has 2 amide bonds. The normalized spacial score (nSPS) is 24.0. The third-order valence-electron chi connectivity index (χ3n) is 21.0. The van der Waals surface area contributed by atoms with Crippen LogP contribution in [0, 0.1) is 13.1 Å². The fraction of sp³-hybridized carbons (Fsp3) is 0.594. The maximum absolute atomic E-state index is 13.8. The Bertz CT molecular complexity index is 3180. The second kappa shape index (κ2) is 26.8. The lowest BCUT2D eigenvalue weighted by Crippen LogP contribution is -2.57. The average molecular weight is 1220 g/mol. The SMILES string of the molecule is C.[C-]#[N+]C[C@H]1CN(c2nc(OCC34CCCN3CCC4)nc3c2CO[C@@H](c2cccc4c2CCCC4)C3)CCN1C(=O)C(=C)F.[C-]#[N+]C[C@H]1CN(c2nc(OCC34CCCN3CCC4)nc3c2CO[C@H](c2cccc4c2CCCC4)C3)CCN1C(=O)C(=C)F. The molecule has 4 atom stereocenters. The zero-order chi connectivity index (χ0) is 60.5. The van der Waals surface area contributed by atoms with Crippen LogP contribution in [0.15, 0.2) is 61.2 Å². The lowest BCUT2D eigenvalue weighted by Gasteiger charge is -2.41. The van der Waals surface area contributed by atoms with Crippen molar-refractivity contribution >= 4 is 23.5 Å². The van der Waals surface area contributed by atoms with Crippen LogP contribution in [0.3, 0.4) is 0 Å².